The van der Waals surface area contributed by atoms with Crippen LogP contribution < -0.4 is 5.56 Å². The van der Waals surface area contributed by atoms with Gasteiger partial charge in [0.1, 0.15) is 11.4 Å². The van der Waals surface area contributed by atoms with Gasteiger partial charge in [-0.2, -0.15) is 5.10 Å². The summed E-state index contributed by atoms with van der Waals surface area (Å²) in [5.74, 6) is 0.626. The summed E-state index contributed by atoms with van der Waals surface area (Å²) in [6.07, 6.45) is 5.47. The summed E-state index contributed by atoms with van der Waals surface area (Å²) in [6, 6.07) is 13.4. The van der Waals surface area contributed by atoms with Gasteiger partial charge in [0.2, 0.25) is 0 Å². The molecule has 150 valence electrons. The predicted octanol–water partition coefficient (Wildman–Crippen LogP) is 3.12. The third kappa shape index (κ3) is 2.86. The van der Waals surface area contributed by atoms with E-state index in [0.717, 1.165) is 22.8 Å². The number of aromatic nitrogens is 4. The van der Waals surface area contributed by atoms with Gasteiger partial charge in [-0.3, -0.25) is 9.59 Å². The second kappa shape index (κ2) is 6.88. The average Bonchev–Trinajstić information content (AvgIpc) is 3.45. The number of carbonyl (C=O) groups excluding carboxylic acids is 1. The number of hydrogen-bond donors (Lipinski definition) is 1. The first-order chi connectivity index (χ1) is 14.5. The molecular formula is C23H21N5O2. The van der Waals surface area contributed by atoms with Gasteiger partial charge in [0.05, 0.1) is 24.5 Å². The van der Waals surface area contributed by atoms with E-state index in [2.05, 4.69) is 37.0 Å². The summed E-state index contributed by atoms with van der Waals surface area (Å²) in [4.78, 5) is 29.2. The molecule has 3 aromatic heterocycles. The van der Waals surface area contributed by atoms with Crippen LogP contribution in [0.15, 0.2) is 65.8 Å². The minimum atomic E-state index is -0.377. The molecule has 0 saturated heterocycles. The molecule has 1 aromatic carbocycles. The summed E-state index contributed by atoms with van der Waals surface area (Å²) in [5, 5.41) is 4.85. The highest BCUT2D eigenvalue weighted by Gasteiger charge is 2.32. The molecule has 4 heterocycles. The number of aromatic amines is 1. The molecule has 1 aliphatic heterocycles. The Labute approximate surface area is 173 Å². The SMILES string of the molecule is Cc1ccc(-n2nc3c(c2-n2cccc2)CN(C(=O)c2ccc[nH]c2=O)C3)cc1C. The number of aryl methyl sites for hydroxylation is 2. The van der Waals surface area contributed by atoms with Crippen molar-refractivity contribution >= 4 is 5.91 Å². The Kier molecular flexibility index (Phi) is 4.17. The van der Waals surface area contributed by atoms with Crippen LogP contribution in [-0.2, 0) is 13.1 Å². The van der Waals surface area contributed by atoms with Crippen LogP contribution in [0, 0.1) is 13.8 Å². The Bertz CT molecular complexity index is 1310. The molecule has 5 rings (SSSR count). The molecule has 0 fully saturated rings. The molecule has 0 spiro atoms. The quantitative estimate of drug-likeness (QED) is 0.575. The van der Waals surface area contributed by atoms with Crippen LogP contribution in [-0.4, -0.2) is 30.1 Å². The topological polar surface area (TPSA) is 75.9 Å². The van der Waals surface area contributed by atoms with E-state index in [1.165, 1.54) is 17.3 Å². The first-order valence-electron chi connectivity index (χ1n) is 9.81. The minimum Gasteiger partial charge on any atom is -0.328 e. The molecule has 1 aliphatic rings. The van der Waals surface area contributed by atoms with Crippen molar-refractivity contribution in [2.24, 2.45) is 0 Å². The Morgan fingerprint density at radius 1 is 1.03 bits per heavy atom. The number of amides is 1. The van der Waals surface area contributed by atoms with E-state index in [4.69, 9.17) is 5.10 Å². The van der Waals surface area contributed by atoms with E-state index < -0.39 is 0 Å². The molecule has 4 aromatic rings. The molecule has 0 radical (unpaired) electrons. The zero-order valence-corrected chi connectivity index (χ0v) is 16.8. The van der Waals surface area contributed by atoms with Gasteiger partial charge in [-0.05, 0) is 61.4 Å². The normalized spacial score (nSPS) is 12.9. The van der Waals surface area contributed by atoms with Crippen LogP contribution in [0.4, 0.5) is 0 Å². The van der Waals surface area contributed by atoms with Crippen molar-refractivity contribution < 1.29 is 4.79 Å². The van der Waals surface area contributed by atoms with Crippen molar-refractivity contribution in [1.29, 1.82) is 0 Å². The number of rotatable bonds is 3. The van der Waals surface area contributed by atoms with Crippen molar-refractivity contribution in [2.75, 3.05) is 0 Å². The monoisotopic (exact) mass is 399 g/mol. The zero-order chi connectivity index (χ0) is 20.8. The number of nitrogens with zero attached hydrogens (tertiary/aromatic N) is 4. The summed E-state index contributed by atoms with van der Waals surface area (Å²) < 4.78 is 3.96. The fourth-order valence-corrected chi connectivity index (χ4v) is 3.88. The second-order valence-corrected chi connectivity index (χ2v) is 7.59. The molecule has 0 atom stereocenters. The highest BCUT2D eigenvalue weighted by Crippen LogP contribution is 2.31. The lowest BCUT2D eigenvalue weighted by molar-refractivity contribution is 0.0747. The predicted molar refractivity (Wildman–Crippen MR) is 113 cm³/mol. The summed E-state index contributed by atoms with van der Waals surface area (Å²) in [7, 11) is 0. The number of pyridine rings is 1. The maximum Gasteiger partial charge on any atom is 0.260 e. The summed E-state index contributed by atoms with van der Waals surface area (Å²) >= 11 is 0. The van der Waals surface area contributed by atoms with Crippen molar-refractivity contribution in [3.05, 3.63) is 99.4 Å². The smallest absolute Gasteiger partial charge is 0.260 e. The third-order valence-corrected chi connectivity index (χ3v) is 5.65. The zero-order valence-electron chi connectivity index (χ0n) is 16.8. The number of carbonyl (C=O) groups is 1. The second-order valence-electron chi connectivity index (χ2n) is 7.59. The molecule has 0 aliphatic carbocycles. The van der Waals surface area contributed by atoms with E-state index in [1.54, 1.807) is 17.0 Å². The Balaban J connectivity index is 1.57. The molecule has 1 N–H and O–H groups in total. The van der Waals surface area contributed by atoms with E-state index >= 15 is 0 Å². The minimum absolute atomic E-state index is 0.146. The lowest BCUT2D eigenvalue weighted by atomic mass is 10.1. The highest BCUT2D eigenvalue weighted by atomic mass is 16.2. The standard InChI is InChI=1S/C23H21N5O2/c1-15-7-8-17(12-16(15)2)28-22(26-10-3-4-11-26)19-13-27(14-20(19)25-28)23(30)18-6-5-9-24-21(18)29/h3-12H,13-14H2,1-2H3,(H,24,29). The largest absolute Gasteiger partial charge is 0.328 e. The Morgan fingerprint density at radius 3 is 2.57 bits per heavy atom. The number of hydrogen-bond acceptors (Lipinski definition) is 3. The number of fused-ring (bicyclic) bond motifs is 1. The van der Waals surface area contributed by atoms with Gasteiger partial charge in [0.15, 0.2) is 0 Å². The van der Waals surface area contributed by atoms with Gasteiger partial charge >= 0.3 is 0 Å². The van der Waals surface area contributed by atoms with Crippen molar-refractivity contribution in [3.8, 4) is 11.5 Å². The summed E-state index contributed by atoms with van der Waals surface area (Å²) in [5.41, 5.74) is 5.01. The summed E-state index contributed by atoms with van der Waals surface area (Å²) in [6.45, 7) is 4.95. The van der Waals surface area contributed by atoms with Crippen molar-refractivity contribution in [2.45, 2.75) is 26.9 Å². The molecule has 0 bridgehead atoms. The van der Waals surface area contributed by atoms with E-state index in [9.17, 15) is 9.59 Å². The van der Waals surface area contributed by atoms with Crippen LogP contribution in [0.2, 0.25) is 0 Å². The van der Waals surface area contributed by atoms with Crippen LogP contribution in [0.3, 0.4) is 0 Å². The van der Waals surface area contributed by atoms with Gasteiger partial charge in [-0.15, -0.1) is 0 Å². The maximum atomic E-state index is 12.9. The van der Waals surface area contributed by atoms with Crippen LogP contribution in [0.1, 0.15) is 32.7 Å². The average molecular weight is 399 g/mol. The van der Waals surface area contributed by atoms with Crippen LogP contribution >= 0.6 is 0 Å². The van der Waals surface area contributed by atoms with E-state index in [0.29, 0.717) is 13.1 Å². The molecule has 7 nitrogen and oxygen atoms in total. The fourth-order valence-electron chi connectivity index (χ4n) is 3.88. The van der Waals surface area contributed by atoms with Gasteiger partial charge in [-0.1, -0.05) is 6.07 Å². The Hall–Kier alpha value is -3.87. The van der Waals surface area contributed by atoms with Gasteiger partial charge < -0.3 is 14.5 Å². The van der Waals surface area contributed by atoms with Crippen molar-refractivity contribution in [3.63, 3.8) is 0 Å². The fraction of sp³-hybridized carbons (Fsp3) is 0.174. The highest BCUT2D eigenvalue weighted by molar-refractivity contribution is 5.94. The molecule has 1 amide bonds. The first kappa shape index (κ1) is 18.2. The molecule has 30 heavy (non-hydrogen) atoms. The molecule has 0 saturated carbocycles. The third-order valence-electron chi connectivity index (χ3n) is 5.65. The molecular weight excluding hydrogens is 378 g/mol. The lowest BCUT2D eigenvalue weighted by Crippen LogP contribution is -2.31. The molecule has 0 unspecified atom stereocenters. The van der Waals surface area contributed by atoms with Gasteiger partial charge in [-0.25, -0.2) is 4.68 Å². The number of nitrogens with one attached hydrogen (secondary N) is 1. The van der Waals surface area contributed by atoms with Gasteiger partial charge in [0, 0.05) is 24.2 Å². The van der Waals surface area contributed by atoms with Crippen molar-refractivity contribution in [1.82, 2.24) is 24.2 Å². The lowest BCUT2D eigenvalue weighted by Gasteiger charge is -2.17. The first-order valence-corrected chi connectivity index (χ1v) is 9.81. The number of benzene rings is 1. The van der Waals surface area contributed by atoms with Gasteiger partial charge in [0.25, 0.3) is 11.5 Å². The van der Waals surface area contributed by atoms with E-state index in [-0.39, 0.29) is 17.0 Å². The van der Waals surface area contributed by atoms with Crippen LogP contribution in [0.5, 0.6) is 0 Å². The Morgan fingerprint density at radius 2 is 1.83 bits per heavy atom. The van der Waals surface area contributed by atoms with E-state index in [1.807, 2.05) is 33.8 Å². The number of H-pyrrole nitrogens is 1. The van der Waals surface area contributed by atoms with Crippen LogP contribution in [0.25, 0.3) is 11.5 Å². The maximum absolute atomic E-state index is 12.9. The molecule has 7 heteroatoms.